The van der Waals surface area contributed by atoms with Crippen LogP contribution in [0.15, 0.2) is 41.2 Å². The fraction of sp³-hybridized carbons (Fsp3) is 0.559. The number of hydrogen-bond donors (Lipinski definition) is 5. The molecule has 4 unspecified atom stereocenters. The van der Waals surface area contributed by atoms with Crippen LogP contribution < -0.4 is 5.32 Å². The van der Waals surface area contributed by atoms with Crippen molar-refractivity contribution in [1.29, 1.82) is 0 Å². The van der Waals surface area contributed by atoms with Crippen molar-refractivity contribution in [2.75, 3.05) is 6.61 Å². The van der Waals surface area contributed by atoms with Crippen LogP contribution in [0.25, 0.3) is 10.9 Å². The minimum Gasteiger partial charge on any atom is -0.508 e. The Balaban J connectivity index is 1.07. The van der Waals surface area contributed by atoms with Gasteiger partial charge in [-0.1, -0.05) is 30.5 Å². The third kappa shape index (κ3) is 4.90. The van der Waals surface area contributed by atoms with Crippen molar-refractivity contribution >= 4 is 28.5 Å². The highest BCUT2D eigenvalue weighted by Gasteiger charge is 2.63. The average molecular weight is 588 g/mol. The summed E-state index contributed by atoms with van der Waals surface area (Å²) in [6, 6.07) is 3.68. The number of aromatic nitrogens is 1. The molecule has 1 aromatic carbocycles. The summed E-state index contributed by atoms with van der Waals surface area (Å²) in [6.45, 7) is 4.22. The molecule has 0 aliphatic heterocycles. The second-order valence-corrected chi connectivity index (χ2v) is 13.6. The molecule has 1 aromatic heterocycles. The number of aromatic amines is 1. The van der Waals surface area contributed by atoms with Gasteiger partial charge in [-0.3, -0.25) is 4.79 Å². The number of phenols is 1. The number of H-pyrrole nitrogens is 1. The summed E-state index contributed by atoms with van der Waals surface area (Å²) in [6.07, 6.45) is 17.2. The van der Waals surface area contributed by atoms with Crippen LogP contribution in [-0.2, 0) is 20.8 Å². The highest BCUT2D eigenvalue weighted by Crippen LogP contribution is 2.67. The van der Waals surface area contributed by atoms with Crippen molar-refractivity contribution in [3.63, 3.8) is 0 Å². The first kappa shape index (κ1) is 29.3. The van der Waals surface area contributed by atoms with E-state index >= 15 is 0 Å². The van der Waals surface area contributed by atoms with Gasteiger partial charge >= 0.3 is 5.97 Å². The molecule has 0 spiro atoms. The number of hydrogen-bond acceptors (Lipinski definition) is 6. The van der Waals surface area contributed by atoms with E-state index in [0.29, 0.717) is 29.7 Å². The molecule has 0 saturated heterocycles. The van der Waals surface area contributed by atoms with Crippen LogP contribution in [0.3, 0.4) is 0 Å². The molecule has 43 heavy (non-hydrogen) atoms. The second-order valence-electron chi connectivity index (χ2n) is 13.6. The zero-order chi connectivity index (χ0) is 30.6. The maximum absolute atomic E-state index is 12.6. The number of phenolic OH excluding ortho intramolecular Hbond substituents is 1. The van der Waals surface area contributed by atoms with Crippen molar-refractivity contribution in [1.82, 2.24) is 10.3 Å². The van der Waals surface area contributed by atoms with Gasteiger partial charge in [-0.2, -0.15) is 0 Å². The number of carbonyl (C=O) groups is 2. The number of aliphatic hydroxyl groups is 1. The molecular weight excluding hydrogens is 546 g/mol. The molecule has 1 heterocycles. The lowest BCUT2D eigenvalue weighted by atomic mass is 9.46. The van der Waals surface area contributed by atoms with Crippen molar-refractivity contribution in [2.45, 2.75) is 83.3 Å². The zero-order valence-corrected chi connectivity index (χ0v) is 24.9. The highest BCUT2D eigenvalue weighted by molar-refractivity contribution is 5.96. The second kappa shape index (κ2) is 10.7. The van der Waals surface area contributed by atoms with E-state index in [1.807, 2.05) is 0 Å². The number of carboxylic acids is 1. The summed E-state index contributed by atoms with van der Waals surface area (Å²) in [4.78, 5) is 32.9. The molecule has 6 rings (SSSR count). The summed E-state index contributed by atoms with van der Waals surface area (Å²) < 4.78 is 0. The summed E-state index contributed by atoms with van der Waals surface area (Å²) in [5.74, 6) is 2.71. The molecule has 228 valence electrons. The van der Waals surface area contributed by atoms with E-state index in [1.165, 1.54) is 11.6 Å². The number of allylic oxidation sites excluding steroid dienone is 2. The molecule has 4 aliphatic carbocycles. The predicted octanol–water partition coefficient (Wildman–Crippen LogP) is 4.69. The monoisotopic (exact) mass is 587 g/mol. The maximum Gasteiger partial charge on any atom is 0.326 e. The number of fused-ring (bicyclic) bond motifs is 6. The number of carbonyl (C=O) groups excluding carboxylic acids is 1. The number of rotatable bonds is 7. The van der Waals surface area contributed by atoms with Crippen LogP contribution >= 0.6 is 0 Å². The van der Waals surface area contributed by atoms with Crippen LogP contribution in [0.1, 0.15) is 70.8 Å². The van der Waals surface area contributed by atoms with Crippen molar-refractivity contribution in [3.05, 3.63) is 41.6 Å². The number of nitrogens with one attached hydrogen (secondary N) is 2. The minimum absolute atomic E-state index is 0.0767. The topological polar surface area (TPSA) is 144 Å². The molecule has 5 N–H and O–H groups in total. The van der Waals surface area contributed by atoms with E-state index in [9.17, 15) is 24.9 Å². The summed E-state index contributed by atoms with van der Waals surface area (Å²) in [5.41, 5.74) is 2.46. The Labute approximate surface area is 251 Å². The molecule has 0 bridgehead atoms. The van der Waals surface area contributed by atoms with E-state index in [1.54, 1.807) is 18.3 Å². The normalized spacial score (nSPS) is 34.8. The van der Waals surface area contributed by atoms with Crippen molar-refractivity contribution in [2.24, 2.45) is 33.7 Å². The quantitative estimate of drug-likeness (QED) is 0.235. The number of benzene rings is 1. The molecule has 3 fully saturated rings. The highest BCUT2D eigenvalue weighted by atomic mass is 16.6. The summed E-state index contributed by atoms with van der Waals surface area (Å²) >= 11 is 0. The lowest BCUT2D eigenvalue weighted by Gasteiger charge is -2.58. The largest absolute Gasteiger partial charge is 0.508 e. The fourth-order valence-corrected chi connectivity index (χ4v) is 9.07. The van der Waals surface area contributed by atoms with Crippen molar-refractivity contribution < 1.29 is 29.7 Å². The molecule has 3 saturated carbocycles. The Bertz CT molecular complexity index is 1550. The Kier molecular flexibility index (Phi) is 7.32. The molecule has 2 aromatic rings. The predicted molar refractivity (Wildman–Crippen MR) is 162 cm³/mol. The minimum atomic E-state index is -1.15. The first-order valence-electron chi connectivity index (χ1n) is 15.4. The molecule has 9 heteroatoms. The molecular formula is C34H41N3O6. The number of amides is 1. The lowest BCUT2D eigenvalue weighted by molar-refractivity contribution is -0.142. The lowest BCUT2D eigenvalue weighted by Crippen LogP contribution is -2.54. The number of terminal acetylenes is 1. The molecule has 4 aliphatic rings. The van der Waals surface area contributed by atoms with E-state index < -0.39 is 23.5 Å². The van der Waals surface area contributed by atoms with E-state index in [4.69, 9.17) is 11.3 Å². The van der Waals surface area contributed by atoms with Gasteiger partial charge in [-0.05, 0) is 98.3 Å². The first-order valence-corrected chi connectivity index (χ1v) is 15.4. The van der Waals surface area contributed by atoms with Crippen LogP contribution in [0.4, 0.5) is 0 Å². The van der Waals surface area contributed by atoms with Gasteiger partial charge < -0.3 is 30.5 Å². The Morgan fingerprint density at radius 1 is 1.19 bits per heavy atom. The Morgan fingerprint density at radius 3 is 2.74 bits per heavy atom. The summed E-state index contributed by atoms with van der Waals surface area (Å²) in [7, 11) is 0. The average Bonchev–Trinajstić information content (AvgIpc) is 3.49. The molecule has 1 amide bonds. The number of nitrogens with zero attached hydrogens (tertiary/aromatic N) is 1. The number of carboxylic acid groups (broad SMARTS) is 1. The molecule has 7 atom stereocenters. The first-order chi connectivity index (χ1) is 20.5. The van der Waals surface area contributed by atoms with Gasteiger partial charge in [0.15, 0.2) is 6.61 Å². The third-order valence-corrected chi connectivity index (χ3v) is 11.6. The summed E-state index contributed by atoms with van der Waals surface area (Å²) in [5, 5.41) is 38.2. The van der Waals surface area contributed by atoms with Gasteiger partial charge in [0.05, 0.1) is 5.71 Å². The van der Waals surface area contributed by atoms with Crippen LogP contribution in [0, 0.1) is 40.9 Å². The molecule has 9 nitrogen and oxygen atoms in total. The van der Waals surface area contributed by atoms with Gasteiger partial charge in [0.25, 0.3) is 5.91 Å². The number of aromatic hydroxyl groups is 1. The third-order valence-electron chi connectivity index (χ3n) is 11.6. The van der Waals surface area contributed by atoms with Crippen LogP contribution in [-0.4, -0.2) is 56.1 Å². The van der Waals surface area contributed by atoms with Gasteiger partial charge in [-0.25, -0.2) is 4.79 Å². The van der Waals surface area contributed by atoms with E-state index in [2.05, 4.69) is 41.3 Å². The fourth-order valence-electron chi connectivity index (χ4n) is 9.07. The SMILES string of the molecule is C#C[C@]1(O)CCC2C3CCC4=C/C(=N/OCC(=O)NC(Cc5c[nH]c6cc(O)ccc56)C(=O)O)CC[C@]4(C)C3CC[C@@]21C. The number of oxime groups is 1. The standard InChI is InChI=1S/C34H41N3O6/c1-4-34(42)14-11-27-25-7-5-21-16-22(9-12-32(21,2)26(25)10-13-33(27,34)3)37-43-19-30(39)36-29(31(40)41)15-20-18-35-28-17-23(38)6-8-24(20)28/h1,6,8,16-18,25-27,29,35,38,42H,5,7,9-15,19H2,2-3H3,(H,36,39)(H,40,41)/b37-22+/t25?,26?,27?,29?,32-,33-,34-/m0/s1. The van der Waals surface area contributed by atoms with Crippen LogP contribution in [0.5, 0.6) is 5.75 Å². The maximum atomic E-state index is 12.6. The number of aliphatic carboxylic acids is 1. The zero-order valence-electron chi connectivity index (χ0n) is 24.9. The van der Waals surface area contributed by atoms with Gasteiger partial charge in [0.1, 0.15) is 17.4 Å². The van der Waals surface area contributed by atoms with Crippen LogP contribution in [0.2, 0.25) is 0 Å². The van der Waals surface area contributed by atoms with Gasteiger partial charge in [0, 0.05) is 35.0 Å². The Hall–Kier alpha value is -3.77. The molecule has 0 radical (unpaired) electrons. The van der Waals surface area contributed by atoms with Crippen molar-refractivity contribution in [3.8, 4) is 18.1 Å². The Morgan fingerprint density at radius 2 is 1.98 bits per heavy atom. The van der Waals surface area contributed by atoms with E-state index in [-0.39, 0.29) is 29.6 Å². The van der Waals surface area contributed by atoms with E-state index in [0.717, 1.165) is 61.6 Å². The smallest absolute Gasteiger partial charge is 0.326 e. The van der Waals surface area contributed by atoms with Gasteiger partial charge in [0.2, 0.25) is 0 Å². The van der Waals surface area contributed by atoms with Gasteiger partial charge in [-0.15, -0.1) is 6.42 Å².